The van der Waals surface area contributed by atoms with Gasteiger partial charge in [-0.25, -0.2) is 4.79 Å². The maximum absolute atomic E-state index is 11.9. The Bertz CT molecular complexity index is 660. The summed E-state index contributed by atoms with van der Waals surface area (Å²) < 4.78 is 10.8. The van der Waals surface area contributed by atoms with Gasteiger partial charge in [-0.05, 0) is 70.7 Å². The number of nitrogens with zero attached hydrogens (tertiary/aromatic N) is 2. The number of alkyl carbamates (subject to hydrolysis) is 1. The number of likely N-dealkylation sites (tertiary alicyclic amines) is 1. The molecule has 1 aromatic heterocycles. The number of halogens is 1. The van der Waals surface area contributed by atoms with Crippen LogP contribution in [0.3, 0.4) is 0 Å². The molecular weight excluding hydrogens is 509 g/mol. The number of hydrogen-bond donors (Lipinski definition) is 3. The number of furan rings is 1. The lowest BCUT2D eigenvalue weighted by molar-refractivity contribution is 0.146. The third-order valence-electron chi connectivity index (χ3n) is 5.73. The third-order valence-corrected chi connectivity index (χ3v) is 5.73. The van der Waals surface area contributed by atoms with E-state index in [0.717, 1.165) is 44.2 Å². The molecule has 176 valence electrons. The number of guanidine groups is 1. The average molecular weight is 547 g/mol. The van der Waals surface area contributed by atoms with Crippen LogP contribution in [-0.4, -0.2) is 62.3 Å². The molecule has 0 spiro atoms. The minimum Gasteiger partial charge on any atom is -0.468 e. The van der Waals surface area contributed by atoms with Crippen LogP contribution in [0, 0.1) is 5.92 Å². The first-order valence-electron chi connectivity index (χ1n) is 11.4. The highest BCUT2D eigenvalue weighted by molar-refractivity contribution is 14.0. The maximum Gasteiger partial charge on any atom is 0.407 e. The zero-order valence-electron chi connectivity index (χ0n) is 18.8. The Balaban J connectivity index is 0.00000341. The van der Waals surface area contributed by atoms with Crippen molar-refractivity contribution in [1.29, 1.82) is 0 Å². The topological polar surface area (TPSA) is 91.1 Å². The SMILES string of the molecule is CCNC(=NCC(c1ccco1)N1CCCCC1)NCC(NC(=O)OCC)C1CC1.I. The summed E-state index contributed by atoms with van der Waals surface area (Å²) in [5, 5.41) is 9.72. The Kier molecular flexibility index (Phi) is 11.5. The Morgan fingerprint density at radius 1 is 1.26 bits per heavy atom. The maximum atomic E-state index is 11.9. The molecule has 1 aromatic rings. The molecule has 1 saturated carbocycles. The highest BCUT2D eigenvalue weighted by Gasteiger charge is 2.32. The molecule has 1 aliphatic heterocycles. The van der Waals surface area contributed by atoms with Gasteiger partial charge in [-0.2, -0.15) is 0 Å². The van der Waals surface area contributed by atoms with Gasteiger partial charge in [-0.15, -0.1) is 24.0 Å². The van der Waals surface area contributed by atoms with Crippen LogP contribution in [0.15, 0.2) is 27.8 Å². The summed E-state index contributed by atoms with van der Waals surface area (Å²) in [7, 11) is 0. The molecule has 2 unspecified atom stereocenters. The average Bonchev–Trinajstić information content (AvgIpc) is 3.46. The summed E-state index contributed by atoms with van der Waals surface area (Å²) in [5.74, 6) is 2.24. The van der Waals surface area contributed by atoms with Gasteiger partial charge in [0.1, 0.15) is 5.76 Å². The summed E-state index contributed by atoms with van der Waals surface area (Å²) in [6.07, 6.45) is 7.42. The zero-order valence-corrected chi connectivity index (χ0v) is 21.1. The van der Waals surface area contributed by atoms with Crippen LogP contribution in [0.25, 0.3) is 0 Å². The fourth-order valence-electron chi connectivity index (χ4n) is 3.98. The number of aliphatic imine (C=N–C) groups is 1. The van der Waals surface area contributed by atoms with Crippen molar-refractivity contribution in [2.24, 2.45) is 10.9 Å². The fraction of sp³-hybridized carbons (Fsp3) is 0.727. The van der Waals surface area contributed by atoms with E-state index in [0.29, 0.717) is 25.6 Å². The number of carbonyl (C=O) groups excluding carboxylic acids is 1. The van der Waals surface area contributed by atoms with E-state index in [9.17, 15) is 4.79 Å². The Labute approximate surface area is 203 Å². The summed E-state index contributed by atoms with van der Waals surface area (Å²) in [4.78, 5) is 19.2. The standard InChI is InChI=1S/C22H37N5O3.HI/c1-3-23-21(24-15-18(17-10-11-17)26-22(28)29-4-2)25-16-19(20-9-8-14-30-20)27-12-6-5-7-13-27;/h8-9,14,17-19H,3-7,10-13,15-16H2,1-2H3,(H,26,28)(H2,23,24,25);1H. The molecular formula is C22H38IN5O3. The molecule has 2 aliphatic rings. The fourth-order valence-corrected chi connectivity index (χ4v) is 3.98. The van der Waals surface area contributed by atoms with Crippen molar-refractivity contribution in [3.63, 3.8) is 0 Å². The number of hydrogen-bond acceptors (Lipinski definition) is 5. The number of nitrogens with one attached hydrogen (secondary N) is 3. The van der Waals surface area contributed by atoms with E-state index in [2.05, 4.69) is 27.8 Å². The van der Waals surface area contributed by atoms with Gasteiger partial charge >= 0.3 is 6.09 Å². The summed E-state index contributed by atoms with van der Waals surface area (Å²) >= 11 is 0. The number of amides is 1. The molecule has 1 aliphatic carbocycles. The molecule has 1 amide bonds. The summed E-state index contributed by atoms with van der Waals surface area (Å²) in [6, 6.07) is 4.19. The number of piperidine rings is 1. The lowest BCUT2D eigenvalue weighted by Crippen LogP contribution is -2.48. The lowest BCUT2D eigenvalue weighted by Gasteiger charge is -2.32. The number of rotatable bonds is 10. The van der Waals surface area contributed by atoms with Gasteiger partial charge in [0.2, 0.25) is 0 Å². The molecule has 3 rings (SSSR count). The lowest BCUT2D eigenvalue weighted by atomic mass is 10.1. The molecule has 9 heteroatoms. The monoisotopic (exact) mass is 547 g/mol. The van der Waals surface area contributed by atoms with Crippen molar-refractivity contribution in [2.75, 3.05) is 39.3 Å². The van der Waals surface area contributed by atoms with E-state index >= 15 is 0 Å². The molecule has 0 bridgehead atoms. The second kappa shape index (κ2) is 13.8. The Morgan fingerprint density at radius 3 is 2.65 bits per heavy atom. The van der Waals surface area contributed by atoms with Gasteiger partial charge in [0.05, 0.1) is 31.5 Å². The Hall–Kier alpha value is -1.49. The van der Waals surface area contributed by atoms with Crippen molar-refractivity contribution in [3.05, 3.63) is 24.2 Å². The van der Waals surface area contributed by atoms with Gasteiger partial charge in [0, 0.05) is 13.1 Å². The molecule has 3 N–H and O–H groups in total. The van der Waals surface area contributed by atoms with Crippen molar-refractivity contribution in [1.82, 2.24) is 20.9 Å². The first-order chi connectivity index (χ1) is 14.7. The molecule has 31 heavy (non-hydrogen) atoms. The second-order valence-electron chi connectivity index (χ2n) is 8.04. The van der Waals surface area contributed by atoms with Crippen molar-refractivity contribution >= 4 is 36.0 Å². The van der Waals surface area contributed by atoms with E-state index in [1.807, 2.05) is 19.1 Å². The minimum absolute atomic E-state index is 0. The molecule has 8 nitrogen and oxygen atoms in total. The summed E-state index contributed by atoms with van der Waals surface area (Å²) in [6.45, 7) is 8.45. The van der Waals surface area contributed by atoms with Gasteiger partial charge < -0.3 is 25.1 Å². The van der Waals surface area contributed by atoms with Crippen LogP contribution < -0.4 is 16.0 Å². The molecule has 0 radical (unpaired) electrons. The van der Waals surface area contributed by atoms with Crippen molar-refractivity contribution in [3.8, 4) is 0 Å². The number of carbonyl (C=O) groups is 1. The van der Waals surface area contributed by atoms with Gasteiger partial charge in [0.25, 0.3) is 0 Å². The predicted octanol–water partition coefficient (Wildman–Crippen LogP) is 3.50. The van der Waals surface area contributed by atoms with Crippen LogP contribution in [0.1, 0.15) is 57.8 Å². The third kappa shape index (κ3) is 8.51. The van der Waals surface area contributed by atoms with Crippen LogP contribution in [0.4, 0.5) is 4.79 Å². The Morgan fingerprint density at radius 2 is 2.03 bits per heavy atom. The van der Waals surface area contributed by atoms with Gasteiger partial charge in [-0.3, -0.25) is 9.89 Å². The van der Waals surface area contributed by atoms with E-state index in [-0.39, 0.29) is 42.2 Å². The minimum atomic E-state index is -0.346. The van der Waals surface area contributed by atoms with E-state index in [4.69, 9.17) is 14.1 Å². The highest BCUT2D eigenvalue weighted by Crippen LogP contribution is 2.32. The van der Waals surface area contributed by atoms with Gasteiger partial charge in [-0.1, -0.05) is 6.42 Å². The molecule has 2 atom stereocenters. The molecule has 2 heterocycles. The first-order valence-corrected chi connectivity index (χ1v) is 11.4. The molecule has 1 saturated heterocycles. The predicted molar refractivity (Wildman–Crippen MR) is 133 cm³/mol. The van der Waals surface area contributed by atoms with Gasteiger partial charge in [0.15, 0.2) is 5.96 Å². The van der Waals surface area contributed by atoms with Crippen LogP contribution >= 0.6 is 24.0 Å². The van der Waals surface area contributed by atoms with Crippen LogP contribution in [0.5, 0.6) is 0 Å². The largest absolute Gasteiger partial charge is 0.468 e. The zero-order chi connectivity index (χ0) is 21.2. The smallest absolute Gasteiger partial charge is 0.407 e. The molecule has 0 aromatic carbocycles. The second-order valence-corrected chi connectivity index (χ2v) is 8.04. The van der Waals surface area contributed by atoms with Crippen LogP contribution in [0.2, 0.25) is 0 Å². The number of ether oxygens (including phenoxy) is 1. The van der Waals surface area contributed by atoms with Crippen molar-refractivity contribution in [2.45, 2.75) is 58.0 Å². The van der Waals surface area contributed by atoms with E-state index in [1.54, 1.807) is 6.26 Å². The highest BCUT2D eigenvalue weighted by atomic mass is 127. The van der Waals surface area contributed by atoms with E-state index < -0.39 is 0 Å². The summed E-state index contributed by atoms with van der Waals surface area (Å²) in [5.41, 5.74) is 0. The first kappa shape index (κ1) is 25.8. The molecule has 2 fully saturated rings. The normalized spacial score (nSPS) is 19.1. The van der Waals surface area contributed by atoms with E-state index in [1.165, 1.54) is 19.3 Å². The van der Waals surface area contributed by atoms with Crippen LogP contribution in [-0.2, 0) is 4.74 Å². The van der Waals surface area contributed by atoms with Crippen molar-refractivity contribution < 1.29 is 13.9 Å². The quantitative estimate of drug-likeness (QED) is 0.236.